The minimum atomic E-state index is -0.108. The monoisotopic (exact) mass is 341 g/mol. The predicted molar refractivity (Wildman–Crippen MR) is 99.9 cm³/mol. The number of aromatic nitrogens is 2. The second kappa shape index (κ2) is 6.67. The summed E-state index contributed by atoms with van der Waals surface area (Å²) in [5.41, 5.74) is 2.87. The molecule has 1 unspecified atom stereocenters. The molecule has 6 heteroatoms. The van der Waals surface area contributed by atoms with Crippen molar-refractivity contribution >= 4 is 22.8 Å². The molecule has 4 heterocycles. The summed E-state index contributed by atoms with van der Waals surface area (Å²) >= 11 is 0. The van der Waals surface area contributed by atoms with Crippen molar-refractivity contribution in [2.45, 2.75) is 45.7 Å². The molecule has 5 rings (SSSR count). The molecule has 0 radical (unpaired) electrons. The van der Waals surface area contributed by atoms with Crippen LogP contribution in [0.5, 0.6) is 0 Å². The van der Waals surface area contributed by atoms with Crippen molar-refractivity contribution < 1.29 is 4.79 Å². The van der Waals surface area contributed by atoms with Crippen molar-refractivity contribution in [2.24, 2.45) is 5.92 Å². The van der Waals surface area contributed by atoms with Crippen LogP contribution in [0.4, 0.5) is 10.5 Å². The summed E-state index contributed by atoms with van der Waals surface area (Å²) in [5, 5.41) is 6.16. The Morgan fingerprint density at radius 2 is 2.08 bits per heavy atom. The van der Waals surface area contributed by atoms with Crippen molar-refractivity contribution in [2.75, 3.05) is 25.0 Å². The van der Waals surface area contributed by atoms with Gasteiger partial charge in [0.15, 0.2) is 0 Å². The zero-order valence-electron chi connectivity index (χ0n) is 15.1. The van der Waals surface area contributed by atoms with Gasteiger partial charge < -0.3 is 20.1 Å². The number of rotatable bonds is 4. The summed E-state index contributed by atoms with van der Waals surface area (Å²) in [6.45, 7) is 8.51. The second-order valence-electron chi connectivity index (χ2n) is 7.17. The first-order chi connectivity index (χ1) is 12.2. The highest BCUT2D eigenvalue weighted by Crippen LogP contribution is 2.27. The Kier molecular flexibility index (Phi) is 4.37. The van der Waals surface area contributed by atoms with Crippen molar-refractivity contribution in [3.8, 4) is 0 Å². The summed E-state index contributed by atoms with van der Waals surface area (Å²) in [4.78, 5) is 19.6. The van der Waals surface area contributed by atoms with Gasteiger partial charge in [-0.15, -0.1) is 0 Å². The Labute approximate surface area is 148 Å². The molecule has 3 aliphatic rings. The van der Waals surface area contributed by atoms with E-state index in [1.165, 1.54) is 25.9 Å². The topological polar surface area (TPSA) is 62.2 Å². The molecule has 0 spiro atoms. The molecule has 3 aliphatic heterocycles. The van der Waals surface area contributed by atoms with Gasteiger partial charge in [0.25, 0.3) is 0 Å². The molecule has 3 fully saturated rings. The lowest BCUT2D eigenvalue weighted by Crippen LogP contribution is -2.57. The van der Waals surface area contributed by atoms with Gasteiger partial charge in [-0.25, -0.2) is 9.78 Å². The lowest BCUT2D eigenvalue weighted by Gasteiger charge is -2.44. The molecule has 0 aliphatic carbocycles. The Morgan fingerprint density at radius 1 is 1.28 bits per heavy atom. The lowest BCUT2D eigenvalue weighted by molar-refractivity contribution is 0.0777. The van der Waals surface area contributed by atoms with E-state index in [-0.39, 0.29) is 12.1 Å². The highest BCUT2D eigenvalue weighted by molar-refractivity contribution is 5.92. The van der Waals surface area contributed by atoms with E-state index >= 15 is 0 Å². The van der Waals surface area contributed by atoms with Gasteiger partial charge in [0.1, 0.15) is 5.82 Å². The maximum Gasteiger partial charge on any atom is 0.319 e. The lowest BCUT2D eigenvalue weighted by atomic mass is 9.84. The number of carbonyl (C=O) groups excluding carboxylic acids is 1. The van der Waals surface area contributed by atoms with Crippen LogP contribution in [0, 0.1) is 5.92 Å². The van der Waals surface area contributed by atoms with Gasteiger partial charge in [0.05, 0.1) is 11.0 Å². The molecule has 6 nitrogen and oxygen atoms in total. The summed E-state index contributed by atoms with van der Waals surface area (Å²) in [6.07, 6.45) is 3.31. The van der Waals surface area contributed by atoms with E-state index in [0.29, 0.717) is 5.92 Å². The standard InChI is InChI=1S/C19H27N5O/c1-3-18-21-15-11-14(5-6-17(15)24(18)4-2)20-19(25)22-16-12-23-9-7-13(16)8-10-23/h5-6,11,13,16H,3-4,7-10,12H2,1-2H3,(H2,20,22,25). The highest BCUT2D eigenvalue weighted by Gasteiger charge is 2.34. The summed E-state index contributed by atoms with van der Waals surface area (Å²) in [5.74, 6) is 1.72. The molecule has 2 aromatic rings. The zero-order valence-corrected chi connectivity index (χ0v) is 15.1. The fraction of sp³-hybridized carbons (Fsp3) is 0.579. The van der Waals surface area contributed by atoms with Crippen LogP contribution in [0.1, 0.15) is 32.5 Å². The van der Waals surface area contributed by atoms with Gasteiger partial charge in [-0.2, -0.15) is 0 Å². The first-order valence-electron chi connectivity index (χ1n) is 9.47. The third-order valence-electron chi connectivity index (χ3n) is 5.69. The molecular weight excluding hydrogens is 314 g/mol. The highest BCUT2D eigenvalue weighted by atomic mass is 16.2. The molecule has 1 atom stereocenters. The fourth-order valence-corrected chi connectivity index (χ4v) is 4.34. The molecule has 134 valence electrons. The molecule has 2 amide bonds. The Balaban J connectivity index is 1.46. The third-order valence-corrected chi connectivity index (χ3v) is 5.69. The van der Waals surface area contributed by atoms with Crippen molar-refractivity contribution in [3.63, 3.8) is 0 Å². The van der Waals surface area contributed by atoms with Crippen LogP contribution in [-0.2, 0) is 13.0 Å². The van der Waals surface area contributed by atoms with E-state index < -0.39 is 0 Å². The minimum Gasteiger partial charge on any atom is -0.334 e. The second-order valence-corrected chi connectivity index (χ2v) is 7.17. The molecular formula is C19H27N5O. The Bertz CT molecular complexity index is 775. The number of hydrogen-bond acceptors (Lipinski definition) is 3. The molecule has 25 heavy (non-hydrogen) atoms. The number of amides is 2. The molecule has 2 bridgehead atoms. The van der Waals surface area contributed by atoms with Crippen LogP contribution in [0.3, 0.4) is 0 Å². The number of imidazole rings is 1. The summed E-state index contributed by atoms with van der Waals surface area (Å²) in [7, 11) is 0. The number of hydrogen-bond donors (Lipinski definition) is 2. The molecule has 1 aromatic heterocycles. The smallest absolute Gasteiger partial charge is 0.319 e. The van der Waals surface area contributed by atoms with Crippen LogP contribution in [-0.4, -0.2) is 46.2 Å². The summed E-state index contributed by atoms with van der Waals surface area (Å²) in [6, 6.07) is 6.15. The first-order valence-corrected chi connectivity index (χ1v) is 9.47. The summed E-state index contributed by atoms with van der Waals surface area (Å²) < 4.78 is 2.23. The van der Waals surface area contributed by atoms with Gasteiger partial charge >= 0.3 is 6.03 Å². The van der Waals surface area contributed by atoms with Crippen molar-refractivity contribution in [1.29, 1.82) is 0 Å². The van der Waals surface area contributed by atoms with E-state index in [2.05, 4.69) is 40.0 Å². The van der Waals surface area contributed by atoms with Gasteiger partial charge in [-0.1, -0.05) is 6.92 Å². The van der Waals surface area contributed by atoms with Gasteiger partial charge in [0.2, 0.25) is 0 Å². The minimum absolute atomic E-state index is 0.108. The van der Waals surface area contributed by atoms with Crippen LogP contribution in [0.2, 0.25) is 0 Å². The van der Waals surface area contributed by atoms with Crippen LogP contribution in [0.25, 0.3) is 11.0 Å². The maximum atomic E-state index is 12.4. The fourth-order valence-electron chi connectivity index (χ4n) is 4.34. The van der Waals surface area contributed by atoms with E-state index in [1.54, 1.807) is 0 Å². The molecule has 2 N–H and O–H groups in total. The van der Waals surface area contributed by atoms with E-state index in [9.17, 15) is 4.79 Å². The number of urea groups is 1. The van der Waals surface area contributed by atoms with Gasteiger partial charge in [0, 0.05) is 31.2 Å². The van der Waals surface area contributed by atoms with Crippen LogP contribution < -0.4 is 10.6 Å². The predicted octanol–water partition coefficient (Wildman–Crippen LogP) is 2.83. The number of piperidine rings is 3. The largest absolute Gasteiger partial charge is 0.334 e. The number of carbonyl (C=O) groups is 1. The Morgan fingerprint density at radius 3 is 2.72 bits per heavy atom. The molecule has 3 saturated heterocycles. The number of benzene rings is 1. The van der Waals surface area contributed by atoms with Crippen molar-refractivity contribution in [1.82, 2.24) is 19.8 Å². The van der Waals surface area contributed by atoms with E-state index in [4.69, 9.17) is 4.98 Å². The molecule has 1 aromatic carbocycles. The van der Waals surface area contributed by atoms with E-state index in [0.717, 1.165) is 42.1 Å². The van der Waals surface area contributed by atoms with E-state index in [1.807, 2.05) is 12.1 Å². The first kappa shape index (κ1) is 16.4. The SMILES string of the molecule is CCc1nc2cc(NC(=O)NC3CN4CCC3CC4)ccc2n1CC. The molecule has 0 saturated carbocycles. The number of nitrogens with zero attached hydrogens (tertiary/aromatic N) is 3. The zero-order chi connectivity index (χ0) is 17.4. The third kappa shape index (κ3) is 3.11. The quantitative estimate of drug-likeness (QED) is 0.899. The van der Waals surface area contributed by atoms with Crippen molar-refractivity contribution in [3.05, 3.63) is 24.0 Å². The number of nitrogens with one attached hydrogen (secondary N) is 2. The normalized spacial score (nSPS) is 25.3. The van der Waals surface area contributed by atoms with Crippen LogP contribution >= 0.6 is 0 Å². The van der Waals surface area contributed by atoms with Crippen LogP contribution in [0.15, 0.2) is 18.2 Å². The average Bonchev–Trinajstić information content (AvgIpc) is 2.99. The maximum absolute atomic E-state index is 12.4. The van der Waals surface area contributed by atoms with Gasteiger partial charge in [-0.3, -0.25) is 0 Å². The average molecular weight is 341 g/mol. The van der Waals surface area contributed by atoms with Gasteiger partial charge in [-0.05, 0) is 57.0 Å². The number of aryl methyl sites for hydroxylation is 2. The number of fused-ring (bicyclic) bond motifs is 4. The number of anilines is 1. The Hall–Kier alpha value is -2.08.